The number of hydrogen-bond acceptors (Lipinski definition) is 3. The lowest BCUT2D eigenvalue weighted by Crippen LogP contribution is -2.05. The van der Waals surface area contributed by atoms with Crippen molar-refractivity contribution in [1.29, 1.82) is 0 Å². The number of imidazole rings is 1. The van der Waals surface area contributed by atoms with E-state index in [0.29, 0.717) is 12.2 Å². The third kappa shape index (κ3) is 3.20. The highest BCUT2D eigenvalue weighted by molar-refractivity contribution is 5.74. The molecule has 0 bridgehead atoms. The molecule has 0 atom stereocenters. The van der Waals surface area contributed by atoms with E-state index in [-0.39, 0.29) is 0 Å². The first-order valence-corrected chi connectivity index (χ1v) is 5.95. The van der Waals surface area contributed by atoms with Crippen molar-refractivity contribution in [1.82, 2.24) is 9.55 Å². The van der Waals surface area contributed by atoms with E-state index < -0.39 is 0 Å². The molecule has 0 aliphatic rings. The summed E-state index contributed by atoms with van der Waals surface area (Å²) in [6.07, 6.45) is 5.51. The van der Waals surface area contributed by atoms with Crippen molar-refractivity contribution >= 4 is 6.29 Å². The van der Waals surface area contributed by atoms with E-state index in [1.807, 2.05) is 25.3 Å². The van der Waals surface area contributed by atoms with E-state index >= 15 is 0 Å². The minimum absolute atomic E-state index is 0.651. The summed E-state index contributed by atoms with van der Waals surface area (Å²) in [5.74, 6) is 1.81. The zero-order valence-corrected chi connectivity index (χ0v) is 10.4. The van der Waals surface area contributed by atoms with Crippen LogP contribution in [0.1, 0.15) is 22.6 Å². The Hall–Kier alpha value is -2.10. The number of carbonyl (C=O) groups is 1. The molecule has 2 rings (SSSR count). The Morgan fingerprint density at radius 1 is 1.33 bits per heavy atom. The van der Waals surface area contributed by atoms with Crippen LogP contribution in [-0.2, 0) is 6.54 Å². The maximum atomic E-state index is 10.5. The summed E-state index contributed by atoms with van der Waals surface area (Å²) >= 11 is 0. The highest BCUT2D eigenvalue weighted by atomic mass is 16.5. The van der Waals surface area contributed by atoms with Crippen LogP contribution in [0, 0.1) is 6.92 Å². The summed E-state index contributed by atoms with van der Waals surface area (Å²) in [5, 5.41) is 0. The zero-order chi connectivity index (χ0) is 12.8. The number of nitrogens with zero attached hydrogens (tertiary/aromatic N) is 2. The number of benzene rings is 1. The molecule has 0 aliphatic heterocycles. The molecule has 1 aromatic carbocycles. The molecule has 18 heavy (non-hydrogen) atoms. The van der Waals surface area contributed by atoms with Gasteiger partial charge in [-0.3, -0.25) is 4.79 Å². The minimum atomic E-state index is 0.651. The molecule has 1 heterocycles. The summed E-state index contributed by atoms with van der Waals surface area (Å²) in [4.78, 5) is 14.7. The average molecular weight is 244 g/mol. The van der Waals surface area contributed by atoms with Crippen LogP contribution in [0.4, 0.5) is 0 Å². The first-order valence-electron chi connectivity index (χ1n) is 5.95. The van der Waals surface area contributed by atoms with Crippen molar-refractivity contribution in [3.63, 3.8) is 0 Å². The van der Waals surface area contributed by atoms with Crippen LogP contribution < -0.4 is 4.74 Å². The van der Waals surface area contributed by atoms with Gasteiger partial charge in [0.05, 0.1) is 6.61 Å². The van der Waals surface area contributed by atoms with Crippen LogP contribution >= 0.6 is 0 Å². The number of aromatic nitrogens is 2. The van der Waals surface area contributed by atoms with Gasteiger partial charge in [-0.25, -0.2) is 4.98 Å². The lowest BCUT2D eigenvalue weighted by atomic mass is 10.2. The van der Waals surface area contributed by atoms with Crippen molar-refractivity contribution in [3.05, 3.63) is 48.0 Å². The lowest BCUT2D eigenvalue weighted by molar-refractivity contribution is 0.112. The largest absolute Gasteiger partial charge is 0.494 e. The van der Waals surface area contributed by atoms with Gasteiger partial charge in [0.15, 0.2) is 0 Å². The number of carbonyl (C=O) groups excluding carboxylic acids is 1. The van der Waals surface area contributed by atoms with E-state index in [1.54, 1.807) is 18.3 Å². The molecule has 4 nitrogen and oxygen atoms in total. The first-order chi connectivity index (χ1) is 8.79. The fourth-order valence-corrected chi connectivity index (χ4v) is 1.71. The van der Waals surface area contributed by atoms with Crippen LogP contribution in [0.2, 0.25) is 0 Å². The van der Waals surface area contributed by atoms with E-state index in [4.69, 9.17) is 4.74 Å². The van der Waals surface area contributed by atoms with Crippen molar-refractivity contribution in [3.8, 4) is 5.75 Å². The Kier molecular flexibility index (Phi) is 4.12. The first kappa shape index (κ1) is 12.4. The minimum Gasteiger partial charge on any atom is -0.494 e. The van der Waals surface area contributed by atoms with Crippen molar-refractivity contribution in [2.24, 2.45) is 0 Å². The number of aldehydes is 1. The van der Waals surface area contributed by atoms with Crippen molar-refractivity contribution in [2.45, 2.75) is 19.9 Å². The van der Waals surface area contributed by atoms with Crippen LogP contribution in [0.25, 0.3) is 0 Å². The summed E-state index contributed by atoms with van der Waals surface area (Å²) in [6, 6.07) is 7.13. The molecular weight excluding hydrogens is 228 g/mol. The summed E-state index contributed by atoms with van der Waals surface area (Å²) in [5.41, 5.74) is 0.663. The summed E-state index contributed by atoms with van der Waals surface area (Å²) in [6.45, 7) is 3.54. The van der Waals surface area contributed by atoms with Gasteiger partial charge < -0.3 is 9.30 Å². The van der Waals surface area contributed by atoms with E-state index in [2.05, 4.69) is 9.55 Å². The van der Waals surface area contributed by atoms with E-state index in [1.165, 1.54) is 0 Å². The maximum absolute atomic E-state index is 10.5. The molecule has 94 valence electrons. The second kappa shape index (κ2) is 6.00. The monoisotopic (exact) mass is 244 g/mol. The molecule has 0 radical (unpaired) electrons. The van der Waals surface area contributed by atoms with Gasteiger partial charge >= 0.3 is 0 Å². The molecule has 2 aromatic rings. The van der Waals surface area contributed by atoms with E-state index in [0.717, 1.165) is 30.8 Å². The van der Waals surface area contributed by atoms with E-state index in [9.17, 15) is 4.79 Å². The smallest absolute Gasteiger partial charge is 0.150 e. The molecule has 0 saturated carbocycles. The second-order valence-corrected chi connectivity index (χ2v) is 4.06. The molecular formula is C14H16N2O2. The van der Waals surface area contributed by atoms with Gasteiger partial charge in [-0.05, 0) is 37.6 Å². The Morgan fingerprint density at radius 3 is 2.72 bits per heavy atom. The highest BCUT2D eigenvalue weighted by Crippen LogP contribution is 2.11. The standard InChI is InChI=1S/C14H16N2O2/c1-12-15-7-9-16(12)8-2-10-18-14-5-3-13(11-17)4-6-14/h3-7,9,11H,2,8,10H2,1H3. The topological polar surface area (TPSA) is 44.1 Å². The number of hydrogen-bond donors (Lipinski definition) is 0. The normalized spacial score (nSPS) is 10.3. The molecule has 0 saturated heterocycles. The predicted molar refractivity (Wildman–Crippen MR) is 68.9 cm³/mol. The Morgan fingerprint density at radius 2 is 2.11 bits per heavy atom. The second-order valence-electron chi connectivity index (χ2n) is 4.06. The molecule has 4 heteroatoms. The van der Waals surface area contributed by atoms with Crippen molar-refractivity contribution in [2.75, 3.05) is 6.61 Å². The predicted octanol–water partition coefficient (Wildman–Crippen LogP) is 2.47. The highest BCUT2D eigenvalue weighted by Gasteiger charge is 1.98. The van der Waals surface area contributed by atoms with Crippen LogP contribution in [0.15, 0.2) is 36.7 Å². The fraction of sp³-hybridized carbons (Fsp3) is 0.286. The fourth-order valence-electron chi connectivity index (χ4n) is 1.71. The zero-order valence-electron chi connectivity index (χ0n) is 10.4. The molecule has 0 amide bonds. The summed E-state index contributed by atoms with van der Waals surface area (Å²) < 4.78 is 7.69. The Bertz CT molecular complexity index is 503. The molecule has 0 aliphatic carbocycles. The SMILES string of the molecule is Cc1nccn1CCCOc1ccc(C=O)cc1. The number of aryl methyl sites for hydroxylation is 2. The summed E-state index contributed by atoms with van der Waals surface area (Å²) in [7, 11) is 0. The quantitative estimate of drug-likeness (QED) is 0.579. The maximum Gasteiger partial charge on any atom is 0.150 e. The lowest BCUT2D eigenvalue weighted by Gasteiger charge is -2.07. The number of rotatable bonds is 6. The Balaban J connectivity index is 1.75. The number of ether oxygens (including phenoxy) is 1. The van der Waals surface area contributed by atoms with Gasteiger partial charge in [0, 0.05) is 24.5 Å². The average Bonchev–Trinajstić information content (AvgIpc) is 2.81. The van der Waals surface area contributed by atoms with Gasteiger partial charge in [0.1, 0.15) is 17.9 Å². The van der Waals surface area contributed by atoms with Gasteiger partial charge in [0.2, 0.25) is 0 Å². The Labute approximate surface area is 106 Å². The third-order valence-electron chi connectivity index (χ3n) is 2.75. The van der Waals surface area contributed by atoms with Gasteiger partial charge in [-0.15, -0.1) is 0 Å². The molecule has 1 aromatic heterocycles. The molecule has 0 fully saturated rings. The van der Waals surface area contributed by atoms with Crippen LogP contribution in [0.3, 0.4) is 0 Å². The molecule has 0 spiro atoms. The van der Waals surface area contributed by atoms with Crippen molar-refractivity contribution < 1.29 is 9.53 Å². The van der Waals surface area contributed by atoms with Gasteiger partial charge in [-0.1, -0.05) is 0 Å². The molecule has 0 unspecified atom stereocenters. The molecule has 0 N–H and O–H groups in total. The van der Waals surface area contributed by atoms with Gasteiger partial charge in [0.25, 0.3) is 0 Å². The van der Waals surface area contributed by atoms with Crippen LogP contribution in [0.5, 0.6) is 5.75 Å². The van der Waals surface area contributed by atoms with Crippen LogP contribution in [-0.4, -0.2) is 22.4 Å². The van der Waals surface area contributed by atoms with Gasteiger partial charge in [-0.2, -0.15) is 0 Å². The third-order valence-corrected chi connectivity index (χ3v) is 2.75.